The van der Waals surface area contributed by atoms with Gasteiger partial charge in [0.2, 0.25) is 0 Å². The average molecular weight is 414 g/mol. The maximum absolute atomic E-state index is 14.6. The van der Waals surface area contributed by atoms with E-state index < -0.39 is 11.4 Å². The van der Waals surface area contributed by atoms with Gasteiger partial charge in [-0.1, -0.05) is 31.2 Å². The first kappa shape index (κ1) is 19.0. The van der Waals surface area contributed by atoms with E-state index >= 15 is 0 Å². The SMILES string of the molecule is CC[C@H](Cc1ncnc2nc[nH]c12)c1nc2cccc(F)c2c(=O)n1-c1ccccc1. The van der Waals surface area contributed by atoms with Crippen molar-refractivity contribution < 1.29 is 4.39 Å². The summed E-state index contributed by atoms with van der Waals surface area (Å²) in [4.78, 5) is 34.1. The minimum Gasteiger partial charge on any atom is -0.342 e. The molecule has 3 heterocycles. The van der Waals surface area contributed by atoms with E-state index in [9.17, 15) is 9.18 Å². The number of para-hydroxylation sites is 1. The summed E-state index contributed by atoms with van der Waals surface area (Å²) in [6, 6.07) is 13.7. The lowest BCUT2D eigenvalue weighted by Gasteiger charge is -2.20. The highest BCUT2D eigenvalue weighted by Gasteiger charge is 2.23. The molecule has 0 saturated heterocycles. The van der Waals surface area contributed by atoms with Crippen LogP contribution in [-0.2, 0) is 6.42 Å². The summed E-state index contributed by atoms with van der Waals surface area (Å²) in [5.74, 6) is -0.140. The third-order valence-electron chi connectivity index (χ3n) is 5.49. The van der Waals surface area contributed by atoms with Gasteiger partial charge >= 0.3 is 0 Å². The number of imidazole rings is 1. The van der Waals surface area contributed by atoms with E-state index in [0.29, 0.717) is 35.5 Å². The number of aromatic nitrogens is 6. The molecule has 1 atom stereocenters. The largest absolute Gasteiger partial charge is 0.342 e. The van der Waals surface area contributed by atoms with Gasteiger partial charge in [-0.25, -0.2) is 24.3 Å². The number of halogens is 1. The quantitative estimate of drug-likeness (QED) is 0.471. The fourth-order valence-corrected chi connectivity index (χ4v) is 3.93. The molecule has 0 aliphatic heterocycles. The van der Waals surface area contributed by atoms with E-state index in [0.717, 1.165) is 11.2 Å². The van der Waals surface area contributed by atoms with E-state index in [1.807, 2.05) is 37.3 Å². The van der Waals surface area contributed by atoms with Crippen LogP contribution in [0.25, 0.3) is 27.8 Å². The molecule has 5 rings (SSSR count). The summed E-state index contributed by atoms with van der Waals surface area (Å²) in [7, 11) is 0. The molecule has 7 nitrogen and oxygen atoms in total. The predicted octanol–water partition coefficient (Wildman–Crippen LogP) is 3.93. The number of hydrogen-bond donors (Lipinski definition) is 1. The molecule has 0 fully saturated rings. The summed E-state index contributed by atoms with van der Waals surface area (Å²) < 4.78 is 16.1. The fraction of sp³-hybridized carbons (Fsp3) is 0.174. The molecule has 8 heteroatoms. The molecular formula is C23H19FN6O. The number of nitrogens with one attached hydrogen (secondary N) is 1. The van der Waals surface area contributed by atoms with E-state index in [-0.39, 0.29) is 11.3 Å². The number of rotatable bonds is 5. The van der Waals surface area contributed by atoms with Crippen molar-refractivity contribution in [3.8, 4) is 5.69 Å². The highest BCUT2D eigenvalue weighted by atomic mass is 19.1. The smallest absolute Gasteiger partial charge is 0.268 e. The summed E-state index contributed by atoms with van der Waals surface area (Å²) in [6.07, 6.45) is 4.30. The van der Waals surface area contributed by atoms with Crippen molar-refractivity contribution in [2.24, 2.45) is 0 Å². The van der Waals surface area contributed by atoms with Crippen molar-refractivity contribution in [2.45, 2.75) is 25.7 Å². The van der Waals surface area contributed by atoms with Gasteiger partial charge in [0.15, 0.2) is 5.65 Å². The Morgan fingerprint density at radius 3 is 2.71 bits per heavy atom. The van der Waals surface area contributed by atoms with Crippen LogP contribution in [0.15, 0.2) is 66.0 Å². The third-order valence-corrected chi connectivity index (χ3v) is 5.49. The lowest BCUT2D eigenvalue weighted by molar-refractivity contribution is 0.587. The number of aromatic amines is 1. The lowest BCUT2D eigenvalue weighted by Crippen LogP contribution is -2.27. The number of H-pyrrole nitrogens is 1. The normalized spacial score (nSPS) is 12.5. The van der Waals surface area contributed by atoms with Gasteiger partial charge in [-0.15, -0.1) is 0 Å². The van der Waals surface area contributed by atoms with Crippen LogP contribution in [0.2, 0.25) is 0 Å². The van der Waals surface area contributed by atoms with E-state index in [2.05, 4.69) is 19.9 Å². The Labute approximate surface area is 176 Å². The van der Waals surface area contributed by atoms with Crippen LogP contribution in [0.5, 0.6) is 0 Å². The second-order valence-electron chi connectivity index (χ2n) is 7.31. The Bertz CT molecular complexity index is 1440. The molecule has 0 aliphatic rings. The summed E-state index contributed by atoms with van der Waals surface area (Å²) in [5.41, 5.74) is 2.72. The molecule has 0 unspecified atom stereocenters. The molecule has 31 heavy (non-hydrogen) atoms. The molecular weight excluding hydrogens is 395 g/mol. The first-order chi connectivity index (χ1) is 15.2. The van der Waals surface area contributed by atoms with E-state index in [1.165, 1.54) is 17.0 Å². The van der Waals surface area contributed by atoms with Crippen LogP contribution in [0.4, 0.5) is 4.39 Å². The predicted molar refractivity (Wildman–Crippen MR) is 116 cm³/mol. The molecule has 0 aliphatic carbocycles. The Balaban J connectivity index is 1.74. The van der Waals surface area contributed by atoms with Gasteiger partial charge < -0.3 is 4.98 Å². The second-order valence-corrected chi connectivity index (χ2v) is 7.31. The number of fused-ring (bicyclic) bond motifs is 2. The van der Waals surface area contributed by atoms with Gasteiger partial charge in [-0.2, -0.15) is 0 Å². The standard InChI is InChI=1S/C23H19FN6O/c1-2-14(11-18-20-21(27-12-25-18)28-13-26-20)22-29-17-10-6-9-16(24)19(17)23(31)30(22)15-7-4-3-5-8-15/h3-10,12-14H,2,11H2,1H3,(H,25,26,27,28)/t14-/m1/s1. The van der Waals surface area contributed by atoms with Crippen molar-refractivity contribution in [3.63, 3.8) is 0 Å². The summed E-state index contributed by atoms with van der Waals surface area (Å²) >= 11 is 0. The lowest BCUT2D eigenvalue weighted by atomic mass is 9.97. The first-order valence-electron chi connectivity index (χ1n) is 10.1. The number of benzene rings is 2. The van der Waals surface area contributed by atoms with Crippen LogP contribution in [0.1, 0.15) is 30.8 Å². The second kappa shape index (κ2) is 7.71. The Morgan fingerprint density at radius 2 is 1.90 bits per heavy atom. The monoisotopic (exact) mass is 414 g/mol. The Hall–Kier alpha value is -3.94. The zero-order valence-electron chi connectivity index (χ0n) is 16.8. The third kappa shape index (κ3) is 3.26. The van der Waals surface area contributed by atoms with E-state index in [4.69, 9.17) is 4.98 Å². The van der Waals surface area contributed by atoms with Crippen LogP contribution in [0, 0.1) is 5.82 Å². The Morgan fingerprint density at radius 1 is 1.06 bits per heavy atom. The topological polar surface area (TPSA) is 89.3 Å². The van der Waals surface area contributed by atoms with Crippen LogP contribution < -0.4 is 5.56 Å². The van der Waals surface area contributed by atoms with Gasteiger partial charge in [0, 0.05) is 12.3 Å². The maximum atomic E-state index is 14.6. The van der Waals surface area contributed by atoms with Gasteiger partial charge in [0.05, 0.1) is 23.2 Å². The molecule has 0 bridgehead atoms. The first-order valence-corrected chi connectivity index (χ1v) is 10.1. The average Bonchev–Trinajstić information content (AvgIpc) is 3.27. The zero-order chi connectivity index (χ0) is 21.4. The molecule has 0 saturated carbocycles. The highest BCUT2D eigenvalue weighted by molar-refractivity contribution is 5.78. The van der Waals surface area contributed by atoms with Gasteiger partial charge in [-0.3, -0.25) is 9.36 Å². The fourth-order valence-electron chi connectivity index (χ4n) is 3.93. The molecule has 3 aromatic heterocycles. The molecule has 2 aromatic carbocycles. The van der Waals surface area contributed by atoms with Gasteiger partial charge in [-0.05, 0) is 30.7 Å². The van der Waals surface area contributed by atoms with Crippen molar-refractivity contribution in [1.82, 2.24) is 29.5 Å². The maximum Gasteiger partial charge on any atom is 0.268 e. The molecule has 0 amide bonds. The van der Waals surface area contributed by atoms with Crippen molar-refractivity contribution in [1.29, 1.82) is 0 Å². The minimum atomic E-state index is -0.575. The number of nitrogens with zero attached hydrogens (tertiary/aromatic N) is 5. The van der Waals surface area contributed by atoms with Crippen molar-refractivity contribution in [2.75, 3.05) is 0 Å². The van der Waals surface area contributed by atoms with Crippen molar-refractivity contribution in [3.05, 3.63) is 88.9 Å². The molecule has 0 radical (unpaired) electrons. The summed E-state index contributed by atoms with van der Waals surface area (Å²) in [6.45, 7) is 2.03. The molecule has 0 spiro atoms. The molecule has 5 aromatic rings. The van der Waals surface area contributed by atoms with E-state index in [1.54, 1.807) is 18.5 Å². The Kier molecular flexibility index (Phi) is 4.74. The minimum absolute atomic E-state index is 0.0112. The summed E-state index contributed by atoms with van der Waals surface area (Å²) in [5, 5.41) is -0.0112. The van der Waals surface area contributed by atoms with Gasteiger partial charge in [0.1, 0.15) is 28.9 Å². The number of hydrogen-bond acceptors (Lipinski definition) is 5. The van der Waals surface area contributed by atoms with Crippen LogP contribution in [0.3, 0.4) is 0 Å². The van der Waals surface area contributed by atoms with Gasteiger partial charge in [0.25, 0.3) is 5.56 Å². The highest BCUT2D eigenvalue weighted by Crippen LogP contribution is 2.27. The molecule has 1 N–H and O–H groups in total. The van der Waals surface area contributed by atoms with Crippen LogP contribution in [-0.4, -0.2) is 29.5 Å². The van der Waals surface area contributed by atoms with Crippen LogP contribution >= 0.6 is 0 Å². The zero-order valence-corrected chi connectivity index (χ0v) is 16.8. The molecule has 154 valence electrons. The van der Waals surface area contributed by atoms with Crippen molar-refractivity contribution >= 4 is 22.1 Å².